The first-order valence-electron chi connectivity index (χ1n) is 16.3. The van der Waals surface area contributed by atoms with Gasteiger partial charge in [-0.3, -0.25) is 28.5 Å². The molecule has 0 fully saturated rings. The summed E-state index contributed by atoms with van der Waals surface area (Å²) in [5.41, 5.74) is 3.49. The number of aryl methyl sites for hydroxylation is 2. The second-order valence-electron chi connectivity index (χ2n) is 11.9. The molecule has 258 valence electrons. The minimum Gasteiger partial charge on any atom is -0.493 e. The fourth-order valence-corrected chi connectivity index (χ4v) is 5.90. The van der Waals surface area contributed by atoms with E-state index < -0.39 is 17.9 Å². The molecule has 14 heteroatoms. The SMILES string of the molecule is COc1cccc2c1OCCCn1cc(nn1)CCN(C(=O)Cn1nc(C)c(C(C)=O)c1C)CCNC(=O)[C@H](Cc1ccccc1)NC2=O. The average molecular weight is 671 g/mol. The lowest BCUT2D eigenvalue weighted by Crippen LogP contribution is -2.50. The number of carbonyl (C=O) groups excluding carboxylic acids is 4. The van der Waals surface area contributed by atoms with E-state index in [0.717, 1.165) is 5.56 Å². The number of ketones is 1. The summed E-state index contributed by atoms with van der Waals surface area (Å²) in [5.74, 6) is -0.557. The van der Waals surface area contributed by atoms with E-state index in [0.29, 0.717) is 54.3 Å². The zero-order valence-corrected chi connectivity index (χ0v) is 28.3. The third kappa shape index (κ3) is 8.69. The van der Waals surface area contributed by atoms with Crippen LogP contribution in [0.15, 0.2) is 54.7 Å². The van der Waals surface area contributed by atoms with Crippen molar-refractivity contribution >= 4 is 23.5 Å². The summed E-state index contributed by atoms with van der Waals surface area (Å²) < 4.78 is 14.8. The number of Topliss-reactive ketones (excluding diaryl/α,β-unsaturated/α-hetero) is 1. The van der Waals surface area contributed by atoms with E-state index in [9.17, 15) is 19.2 Å². The molecule has 3 heterocycles. The number of nitrogens with one attached hydrogen (secondary N) is 2. The highest BCUT2D eigenvalue weighted by molar-refractivity contribution is 6.00. The van der Waals surface area contributed by atoms with Crippen molar-refractivity contribution in [1.82, 2.24) is 40.3 Å². The molecule has 49 heavy (non-hydrogen) atoms. The Morgan fingerprint density at radius 1 is 1.04 bits per heavy atom. The highest BCUT2D eigenvalue weighted by Gasteiger charge is 2.26. The fourth-order valence-electron chi connectivity index (χ4n) is 5.90. The largest absolute Gasteiger partial charge is 0.493 e. The summed E-state index contributed by atoms with van der Waals surface area (Å²) in [6.45, 7) is 6.33. The number of fused-ring (bicyclic) bond motifs is 3. The monoisotopic (exact) mass is 670 g/mol. The van der Waals surface area contributed by atoms with Crippen molar-refractivity contribution in [3.8, 4) is 11.5 Å². The van der Waals surface area contributed by atoms with E-state index in [2.05, 4.69) is 26.0 Å². The lowest BCUT2D eigenvalue weighted by Gasteiger charge is -2.24. The van der Waals surface area contributed by atoms with Crippen LogP contribution in [0.2, 0.25) is 0 Å². The maximum absolute atomic E-state index is 13.7. The van der Waals surface area contributed by atoms with E-state index in [4.69, 9.17) is 9.47 Å². The van der Waals surface area contributed by atoms with Crippen molar-refractivity contribution in [2.24, 2.45) is 0 Å². The molecule has 3 amide bonds. The van der Waals surface area contributed by atoms with Crippen LogP contribution in [0.5, 0.6) is 11.5 Å². The molecule has 5 rings (SSSR count). The molecule has 1 aliphatic rings. The van der Waals surface area contributed by atoms with Crippen molar-refractivity contribution < 1.29 is 28.7 Å². The quantitative estimate of drug-likeness (QED) is 0.293. The van der Waals surface area contributed by atoms with Gasteiger partial charge in [0.05, 0.1) is 36.2 Å². The summed E-state index contributed by atoms with van der Waals surface area (Å²) >= 11 is 0. The normalized spacial score (nSPS) is 16.2. The lowest BCUT2D eigenvalue weighted by molar-refractivity contribution is -0.132. The number of methoxy groups -OCH3 is 1. The van der Waals surface area contributed by atoms with Gasteiger partial charge in [0.2, 0.25) is 11.8 Å². The van der Waals surface area contributed by atoms with E-state index in [1.165, 1.54) is 18.7 Å². The van der Waals surface area contributed by atoms with E-state index in [1.54, 1.807) is 41.6 Å². The molecule has 2 N–H and O–H groups in total. The van der Waals surface area contributed by atoms with Gasteiger partial charge in [-0.1, -0.05) is 41.6 Å². The molecule has 0 unspecified atom stereocenters. The summed E-state index contributed by atoms with van der Waals surface area (Å²) in [5, 5.41) is 18.8. The Labute approximate surface area is 284 Å². The third-order valence-corrected chi connectivity index (χ3v) is 8.40. The number of hydrogen-bond donors (Lipinski definition) is 2. The Balaban J connectivity index is 1.40. The van der Waals surface area contributed by atoms with Gasteiger partial charge in [0, 0.05) is 57.3 Å². The number of rotatable bonds is 6. The molecular formula is C35H42N8O6. The first-order chi connectivity index (χ1) is 23.6. The van der Waals surface area contributed by atoms with Gasteiger partial charge in [-0.15, -0.1) is 5.10 Å². The zero-order valence-electron chi connectivity index (χ0n) is 28.3. The molecule has 0 saturated heterocycles. The van der Waals surface area contributed by atoms with Crippen LogP contribution in [0.1, 0.15) is 56.7 Å². The first-order valence-corrected chi connectivity index (χ1v) is 16.3. The molecule has 4 aromatic rings. The van der Waals surface area contributed by atoms with Gasteiger partial charge in [-0.05, 0) is 38.5 Å². The molecule has 0 radical (unpaired) electrons. The molecule has 0 aliphatic carbocycles. The molecular weight excluding hydrogens is 628 g/mol. The zero-order chi connectivity index (χ0) is 34.9. The molecule has 2 aromatic carbocycles. The van der Waals surface area contributed by atoms with Gasteiger partial charge in [0.25, 0.3) is 5.91 Å². The number of benzene rings is 2. The number of amides is 3. The summed E-state index contributed by atoms with van der Waals surface area (Å²) in [7, 11) is 1.50. The number of nitrogens with zero attached hydrogens (tertiary/aromatic N) is 6. The van der Waals surface area contributed by atoms with Crippen molar-refractivity contribution in [2.45, 2.75) is 59.2 Å². The highest BCUT2D eigenvalue weighted by Crippen LogP contribution is 2.31. The molecule has 0 spiro atoms. The molecule has 2 aromatic heterocycles. The van der Waals surface area contributed by atoms with Gasteiger partial charge < -0.3 is 25.0 Å². The Morgan fingerprint density at radius 2 is 1.84 bits per heavy atom. The van der Waals surface area contributed by atoms with Gasteiger partial charge in [-0.25, -0.2) is 0 Å². The maximum Gasteiger partial charge on any atom is 0.255 e. The summed E-state index contributed by atoms with van der Waals surface area (Å²) in [6, 6.07) is 13.5. The minimum absolute atomic E-state index is 0.0733. The van der Waals surface area contributed by atoms with Crippen LogP contribution in [0.3, 0.4) is 0 Å². The first kappa shape index (κ1) is 34.8. The molecule has 0 saturated carbocycles. The number of carbonyl (C=O) groups is 4. The molecule has 14 nitrogen and oxygen atoms in total. The van der Waals surface area contributed by atoms with E-state index in [1.807, 2.05) is 36.5 Å². The highest BCUT2D eigenvalue weighted by atomic mass is 16.5. The summed E-state index contributed by atoms with van der Waals surface area (Å²) in [6.07, 6.45) is 3.07. The topological polar surface area (TPSA) is 163 Å². The number of aromatic nitrogens is 5. The van der Waals surface area contributed by atoms with Crippen LogP contribution >= 0.6 is 0 Å². The van der Waals surface area contributed by atoms with Gasteiger partial charge in [0.1, 0.15) is 12.6 Å². The number of hydrogen-bond acceptors (Lipinski definition) is 9. The second-order valence-corrected chi connectivity index (χ2v) is 11.9. The van der Waals surface area contributed by atoms with Crippen LogP contribution in [0.25, 0.3) is 0 Å². The average Bonchev–Trinajstić information content (AvgIpc) is 3.66. The van der Waals surface area contributed by atoms with Crippen LogP contribution in [-0.2, 0) is 35.5 Å². The summed E-state index contributed by atoms with van der Waals surface area (Å²) in [4.78, 5) is 54.9. The van der Waals surface area contributed by atoms with Gasteiger partial charge in [0.15, 0.2) is 17.3 Å². The minimum atomic E-state index is -0.922. The fraction of sp³-hybridized carbons (Fsp3) is 0.400. The van der Waals surface area contributed by atoms with Crippen molar-refractivity contribution in [2.75, 3.05) is 33.4 Å². The predicted octanol–water partition coefficient (Wildman–Crippen LogP) is 2.31. The Kier molecular flexibility index (Phi) is 11.4. The number of ether oxygens (including phenoxy) is 2. The van der Waals surface area contributed by atoms with Crippen molar-refractivity contribution in [1.29, 1.82) is 0 Å². The second kappa shape index (κ2) is 16.0. The van der Waals surface area contributed by atoms with Crippen LogP contribution in [0, 0.1) is 13.8 Å². The Bertz CT molecular complexity index is 1800. The third-order valence-electron chi connectivity index (χ3n) is 8.40. The predicted molar refractivity (Wildman–Crippen MR) is 180 cm³/mol. The molecule has 1 atom stereocenters. The van der Waals surface area contributed by atoms with E-state index in [-0.39, 0.29) is 55.7 Å². The molecule has 2 bridgehead atoms. The van der Waals surface area contributed by atoms with Crippen LogP contribution in [0.4, 0.5) is 0 Å². The van der Waals surface area contributed by atoms with Gasteiger partial charge >= 0.3 is 0 Å². The van der Waals surface area contributed by atoms with Crippen LogP contribution in [-0.4, -0.2) is 92.6 Å². The smallest absolute Gasteiger partial charge is 0.255 e. The Morgan fingerprint density at radius 3 is 2.57 bits per heavy atom. The van der Waals surface area contributed by atoms with Gasteiger partial charge in [-0.2, -0.15) is 5.10 Å². The van der Waals surface area contributed by atoms with E-state index >= 15 is 0 Å². The molecule has 1 aliphatic heterocycles. The standard InChI is InChI=1S/C35H42N8O6/c1-23-32(25(3)44)24(2)43(39-23)22-31(45)41-17-14-27-21-42(40-38-27)16-9-19-49-33-28(12-8-13-30(33)48-4)34(46)37-29(35(47)36-15-18-41)20-26-10-6-5-7-11-26/h5-8,10-13,21,29H,9,14-20,22H2,1-4H3,(H,36,47)(H,37,46)/t29-/m0/s1. The van der Waals surface area contributed by atoms with Crippen LogP contribution < -0.4 is 20.1 Å². The lowest BCUT2D eigenvalue weighted by atomic mass is 10.0. The number of para-hydroxylation sites is 1. The van der Waals surface area contributed by atoms with Crippen molar-refractivity contribution in [3.63, 3.8) is 0 Å². The Hall–Kier alpha value is -5.53. The maximum atomic E-state index is 13.7. The van der Waals surface area contributed by atoms with Crippen molar-refractivity contribution in [3.05, 3.63) is 88.5 Å².